The van der Waals surface area contributed by atoms with Crippen LogP contribution in [0.1, 0.15) is 36.6 Å². The highest BCUT2D eigenvalue weighted by Crippen LogP contribution is 2.34. The number of halogens is 3. The van der Waals surface area contributed by atoms with Gasteiger partial charge in [0.1, 0.15) is 5.82 Å². The Morgan fingerprint density at radius 2 is 2.05 bits per heavy atom. The number of aromatic nitrogens is 2. The number of rotatable bonds is 5. The molecule has 6 heteroatoms. The van der Waals surface area contributed by atoms with E-state index in [1.165, 1.54) is 24.5 Å². The molecule has 0 aliphatic carbocycles. The molecule has 0 amide bonds. The Balaban J connectivity index is 3.50. The van der Waals surface area contributed by atoms with Crippen molar-refractivity contribution in [3.63, 3.8) is 0 Å². The molecular weight excluding hydrogens is 257 g/mol. The quantitative estimate of drug-likeness (QED) is 0.768. The standard InChI is InChI=1S/C13H15F3N2O/c1-5-7-11(8(3)19)18-9(4)17-12(10(18)6-2)13(14,15)16/h5-6,11H,1-2,7H2,3-4H3. The van der Waals surface area contributed by atoms with Crippen molar-refractivity contribution in [3.8, 4) is 0 Å². The summed E-state index contributed by atoms with van der Waals surface area (Å²) in [5, 5.41) is 0. The molecule has 0 saturated carbocycles. The maximum Gasteiger partial charge on any atom is 0.435 e. The molecule has 1 unspecified atom stereocenters. The molecular formula is C13H15F3N2O. The first kappa shape index (κ1) is 15.2. The normalized spacial score (nSPS) is 13.1. The third-order valence-corrected chi connectivity index (χ3v) is 2.76. The summed E-state index contributed by atoms with van der Waals surface area (Å²) in [5.41, 5.74) is -1.21. The van der Waals surface area contributed by atoms with Crippen molar-refractivity contribution >= 4 is 11.9 Å². The lowest BCUT2D eigenvalue weighted by molar-refractivity contribution is -0.141. The van der Waals surface area contributed by atoms with Crippen LogP contribution in [0.15, 0.2) is 19.2 Å². The number of imidazole rings is 1. The molecule has 0 fully saturated rings. The zero-order chi connectivity index (χ0) is 14.8. The lowest BCUT2D eigenvalue weighted by atomic mass is 10.1. The Labute approximate surface area is 109 Å². The van der Waals surface area contributed by atoms with Gasteiger partial charge in [-0.1, -0.05) is 12.7 Å². The minimum atomic E-state index is -4.57. The van der Waals surface area contributed by atoms with Crippen LogP contribution in [-0.4, -0.2) is 15.3 Å². The second-order valence-electron chi connectivity index (χ2n) is 4.12. The summed E-state index contributed by atoms with van der Waals surface area (Å²) in [6.07, 6.45) is -1.77. The van der Waals surface area contributed by atoms with Crippen molar-refractivity contribution in [1.82, 2.24) is 9.55 Å². The molecule has 19 heavy (non-hydrogen) atoms. The predicted molar refractivity (Wildman–Crippen MR) is 66.6 cm³/mol. The first-order chi connectivity index (χ1) is 8.73. The Kier molecular flexibility index (Phi) is 4.34. The number of aryl methyl sites for hydroxylation is 1. The van der Waals surface area contributed by atoms with Gasteiger partial charge < -0.3 is 4.57 Å². The van der Waals surface area contributed by atoms with Crippen LogP contribution < -0.4 is 0 Å². The largest absolute Gasteiger partial charge is 0.435 e. The Morgan fingerprint density at radius 3 is 2.42 bits per heavy atom. The van der Waals surface area contributed by atoms with Gasteiger partial charge in [-0.15, -0.1) is 6.58 Å². The molecule has 0 saturated heterocycles. The molecule has 3 nitrogen and oxygen atoms in total. The van der Waals surface area contributed by atoms with Gasteiger partial charge in [-0.05, 0) is 26.3 Å². The summed E-state index contributed by atoms with van der Waals surface area (Å²) in [5.74, 6) is -0.124. The zero-order valence-corrected chi connectivity index (χ0v) is 10.8. The molecule has 0 aliphatic rings. The van der Waals surface area contributed by atoms with Gasteiger partial charge in [0.25, 0.3) is 0 Å². The second kappa shape index (κ2) is 5.42. The van der Waals surface area contributed by atoms with E-state index in [-0.39, 0.29) is 23.7 Å². The third kappa shape index (κ3) is 2.94. The smallest absolute Gasteiger partial charge is 0.317 e. The molecule has 0 bridgehead atoms. The average molecular weight is 272 g/mol. The fourth-order valence-corrected chi connectivity index (χ4v) is 1.97. The number of carbonyl (C=O) groups excluding carboxylic acids is 1. The SMILES string of the molecule is C=CCC(C(C)=O)n1c(C)nc(C(F)(F)F)c1C=C. The number of hydrogen-bond donors (Lipinski definition) is 0. The molecule has 0 spiro atoms. The van der Waals surface area contributed by atoms with Crippen LogP contribution in [0, 0.1) is 6.92 Å². The van der Waals surface area contributed by atoms with Gasteiger partial charge in [-0.2, -0.15) is 13.2 Å². The van der Waals surface area contributed by atoms with E-state index in [4.69, 9.17) is 0 Å². The van der Waals surface area contributed by atoms with Gasteiger partial charge >= 0.3 is 6.18 Å². The van der Waals surface area contributed by atoms with E-state index >= 15 is 0 Å². The Bertz CT molecular complexity index is 515. The Hall–Kier alpha value is -1.85. The van der Waals surface area contributed by atoms with Crippen LogP contribution in [0.5, 0.6) is 0 Å². The number of allylic oxidation sites excluding steroid dienone is 1. The van der Waals surface area contributed by atoms with Crippen LogP contribution in [-0.2, 0) is 11.0 Å². The average Bonchev–Trinajstić information content (AvgIpc) is 2.62. The van der Waals surface area contributed by atoms with E-state index in [0.29, 0.717) is 0 Å². The van der Waals surface area contributed by atoms with Crippen molar-refractivity contribution in [2.45, 2.75) is 32.5 Å². The summed E-state index contributed by atoms with van der Waals surface area (Å²) in [7, 11) is 0. The van der Waals surface area contributed by atoms with E-state index in [1.54, 1.807) is 0 Å². The molecule has 1 aromatic heterocycles. The Morgan fingerprint density at radius 1 is 1.47 bits per heavy atom. The molecule has 1 rings (SSSR count). The summed E-state index contributed by atoms with van der Waals surface area (Å²) in [6, 6.07) is -0.742. The maximum atomic E-state index is 12.9. The minimum Gasteiger partial charge on any atom is -0.317 e. The van der Waals surface area contributed by atoms with Crippen molar-refractivity contribution in [2.24, 2.45) is 0 Å². The van der Waals surface area contributed by atoms with E-state index in [0.717, 1.165) is 6.08 Å². The minimum absolute atomic E-state index is 0.129. The number of alkyl halides is 3. The van der Waals surface area contributed by atoms with E-state index in [1.807, 2.05) is 0 Å². The first-order valence-electron chi connectivity index (χ1n) is 5.63. The summed E-state index contributed by atoms with van der Waals surface area (Å²) < 4.78 is 39.8. The molecule has 0 aliphatic heterocycles. The van der Waals surface area contributed by atoms with Gasteiger partial charge in [-0.3, -0.25) is 4.79 Å². The zero-order valence-electron chi connectivity index (χ0n) is 10.8. The lowest BCUT2D eigenvalue weighted by Crippen LogP contribution is -2.19. The molecule has 1 aromatic rings. The van der Waals surface area contributed by atoms with Gasteiger partial charge in [0.15, 0.2) is 11.5 Å². The second-order valence-corrected chi connectivity index (χ2v) is 4.12. The van der Waals surface area contributed by atoms with Crippen LogP contribution >= 0.6 is 0 Å². The fourth-order valence-electron chi connectivity index (χ4n) is 1.97. The third-order valence-electron chi connectivity index (χ3n) is 2.76. The molecule has 1 heterocycles. The highest BCUT2D eigenvalue weighted by Gasteiger charge is 2.38. The summed E-state index contributed by atoms with van der Waals surface area (Å²) in [6.45, 7) is 9.66. The van der Waals surface area contributed by atoms with Crippen molar-refractivity contribution in [2.75, 3.05) is 0 Å². The van der Waals surface area contributed by atoms with Crippen molar-refractivity contribution < 1.29 is 18.0 Å². The van der Waals surface area contributed by atoms with E-state index in [2.05, 4.69) is 18.1 Å². The monoisotopic (exact) mass is 272 g/mol. The summed E-state index contributed by atoms with van der Waals surface area (Å²) >= 11 is 0. The molecule has 0 aromatic carbocycles. The predicted octanol–water partition coefficient (Wildman–Crippen LogP) is 3.56. The van der Waals surface area contributed by atoms with Crippen LogP contribution in [0.2, 0.25) is 0 Å². The topological polar surface area (TPSA) is 34.9 Å². The number of Topliss-reactive ketones (excluding diaryl/α,β-unsaturated/α-hetero) is 1. The van der Waals surface area contributed by atoms with Gasteiger partial charge in [0.05, 0.1) is 11.7 Å². The van der Waals surface area contributed by atoms with Gasteiger partial charge in [0, 0.05) is 0 Å². The fraction of sp³-hybridized carbons (Fsp3) is 0.385. The van der Waals surface area contributed by atoms with Crippen LogP contribution in [0.25, 0.3) is 6.08 Å². The van der Waals surface area contributed by atoms with Crippen molar-refractivity contribution in [1.29, 1.82) is 0 Å². The van der Waals surface area contributed by atoms with Crippen LogP contribution in [0.4, 0.5) is 13.2 Å². The van der Waals surface area contributed by atoms with Crippen LogP contribution in [0.3, 0.4) is 0 Å². The van der Waals surface area contributed by atoms with Gasteiger partial charge in [0.2, 0.25) is 0 Å². The van der Waals surface area contributed by atoms with Gasteiger partial charge in [-0.25, -0.2) is 4.98 Å². The molecule has 0 radical (unpaired) electrons. The van der Waals surface area contributed by atoms with E-state index in [9.17, 15) is 18.0 Å². The molecule has 1 atom stereocenters. The van der Waals surface area contributed by atoms with E-state index < -0.39 is 17.9 Å². The molecule has 104 valence electrons. The first-order valence-corrected chi connectivity index (χ1v) is 5.63. The number of nitrogens with zero attached hydrogens (tertiary/aromatic N) is 2. The summed E-state index contributed by atoms with van der Waals surface area (Å²) in [4.78, 5) is 15.1. The lowest BCUT2D eigenvalue weighted by Gasteiger charge is -2.18. The molecule has 0 N–H and O–H groups in total. The maximum absolute atomic E-state index is 12.9. The number of carbonyl (C=O) groups is 1. The van der Waals surface area contributed by atoms with Crippen molar-refractivity contribution in [3.05, 3.63) is 36.4 Å². The highest BCUT2D eigenvalue weighted by molar-refractivity contribution is 5.80. The number of hydrogen-bond acceptors (Lipinski definition) is 2. The highest BCUT2D eigenvalue weighted by atomic mass is 19.4. The number of ketones is 1.